The highest BCUT2D eigenvalue weighted by Crippen LogP contribution is 2.27. The number of carbonyl (C=O) groups is 1. The number of pyridine rings is 1. The van der Waals surface area contributed by atoms with Crippen LogP contribution in [0, 0.1) is 0 Å². The summed E-state index contributed by atoms with van der Waals surface area (Å²) in [6, 6.07) is 20.3. The van der Waals surface area contributed by atoms with Gasteiger partial charge in [-0.3, -0.25) is 9.78 Å². The number of hydrogen-bond acceptors (Lipinski definition) is 5. The molecule has 1 saturated heterocycles. The zero-order valence-electron chi connectivity index (χ0n) is 20.6. The number of benzene rings is 2. The summed E-state index contributed by atoms with van der Waals surface area (Å²) >= 11 is 1.73. The number of thioether (sulfide) groups is 1. The van der Waals surface area contributed by atoms with E-state index in [9.17, 15) is 4.79 Å². The number of fused-ring (bicyclic) bond motifs is 1. The quantitative estimate of drug-likeness (QED) is 0.235. The van der Waals surface area contributed by atoms with Crippen LogP contribution in [0.2, 0.25) is 0 Å². The number of imidazole rings is 1. The van der Waals surface area contributed by atoms with E-state index in [-0.39, 0.29) is 5.91 Å². The van der Waals surface area contributed by atoms with Gasteiger partial charge in [-0.15, -0.1) is 0 Å². The lowest BCUT2D eigenvalue weighted by molar-refractivity contribution is 0.0951. The predicted molar refractivity (Wildman–Crippen MR) is 146 cm³/mol. The fourth-order valence-corrected chi connectivity index (χ4v) is 5.64. The number of aromatic nitrogens is 3. The summed E-state index contributed by atoms with van der Waals surface area (Å²) in [5, 5.41) is 4.05. The maximum absolute atomic E-state index is 12.6. The van der Waals surface area contributed by atoms with Crippen molar-refractivity contribution in [2.75, 3.05) is 26.2 Å². The summed E-state index contributed by atoms with van der Waals surface area (Å²) in [7, 11) is 0. The molecule has 0 atom stereocenters. The molecule has 1 amide bonds. The standard InChI is InChI=1S/C29H33N5OS/c35-28(31-15-7-19-33-17-5-2-6-18-33)25-12-10-23(11-13-25)21-34-27-20-30-16-14-26(27)32-29(34)36-22-24-8-3-1-4-9-24/h1,3-4,8-14,16,20H,2,5-7,15,17-19,21-22H2,(H,31,35). The lowest BCUT2D eigenvalue weighted by atomic mass is 10.1. The summed E-state index contributed by atoms with van der Waals surface area (Å²) in [5.74, 6) is 0.852. The Hall–Kier alpha value is -3.16. The highest BCUT2D eigenvalue weighted by Gasteiger charge is 2.13. The molecule has 3 heterocycles. The van der Waals surface area contributed by atoms with Gasteiger partial charge in [0.25, 0.3) is 5.91 Å². The van der Waals surface area contributed by atoms with Crippen LogP contribution in [0.25, 0.3) is 11.0 Å². The molecular weight excluding hydrogens is 466 g/mol. The number of nitrogens with one attached hydrogen (secondary N) is 1. The first-order valence-corrected chi connectivity index (χ1v) is 13.8. The Labute approximate surface area is 217 Å². The van der Waals surface area contributed by atoms with E-state index in [1.165, 1.54) is 37.9 Å². The van der Waals surface area contributed by atoms with Gasteiger partial charge < -0.3 is 14.8 Å². The minimum Gasteiger partial charge on any atom is -0.352 e. The molecular formula is C29H33N5OS. The number of hydrogen-bond donors (Lipinski definition) is 1. The van der Waals surface area contributed by atoms with E-state index in [0.29, 0.717) is 18.7 Å². The minimum atomic E-state index is -0.00317. The van der Waals surface area contributed by atoms with E-state index in [4.69, 9.17) is 4.98 Å². The molecule has 2 aromatic carbocycles. The Morgan fingerprint density at radius 2 is 1.75 bits per heavy atom. The maximum Gasteiger partial charge on any atom is 0.251 e. The van der Waals surface area contributed by atoms with Gasteiger partial charge in [-0.2, -0.15) is 0 Å². The van der Waals surface area contributed by atoms with Crippen LogP contribution in [0.3, 0.4) is 0 Å². The molecule has 0 unspecified atom stereocenters. The molecule has 0 spiro atoms. The molecule has 1 aliphatic heterocycles. The van der Waals surface area contributed by atoms with Gasteiger partial charge in [-0.05, 0) is 68.2 Å². The third-order valence-corrected chi connectivity index (χ3v) is 7.72. The second-order valence-electron chi connectivity index (χ2n) is 9.33. The van der Waals surface area contributed by atoms with E-state index < -0.39 is 0 Å². The van der Waals surface area contributed by atoms with Crippen LogP contribution >= 0.6 is 11.8 Å². The van der Waals surface area contributed by atoms with E-state index in [0.717, 1.165) is 40.5 Å². The van der Waals surface area contributed by atoms with Crippen LogP contribution in [-0.2, 0) is 12.3 Å². The Kier molecular flexibility index (Phi) is 8.31. The van der Waals surface area contributed by atoms with Gasteiger partial charge in [0.15, 0.2) is 5.16 Å². The van der Waals surface area contributed by atoms with Crippen molar-refractivity contribution in [2.24, 2.45) is 0 Å². The first kappa shape index (κ1) is 24.5. The van der Waals surface area contributed by atoms with Crippen molar-refractivity contribution in [1.29, 1.82) is 0 Å². The molecule has 7 heteroatoms. The van der Waals surface area contributed by atoms with Crippen LogP contribution in [0.15, 0.2) is 78.2 Å². The molecule has 1 aliphatic rings. The monoisotopic (exact) mass is 499 g/mol. The van der Waals surface area contributed by atoms with Crippen LogP contribution in [0.5, 0.6) is 0 Å². The summed E-state index contributed by atoms with van der Waals surface area (Å²) in [6.45, 7) is 4.86. The van der Waals surface area contributed by atoms with Crippen molar-refractivity contribution < 1.29 is 4.79 Å². The van der Waals surface area contributed by atoms with Gasteiger partial charge in [0.1, 0.15) is 0 Å². The highest BCUT2D eigenvalue weighted by atomic mass is 32.2. The van der Waals surface area contributed by atoms with Gasteiger partial charge in [-0.1, -0.05) is 60.6 Å². The maximum atomic E-state index is 12.6. The van der Waals surface area contributed by atoms with Crippen molar-refractivity contribution in [3.63, 3.8) is 0 Å². The lowest BCUT2D eigenvalue weighted by Gasteiger charge is -2.26. The average molecular weight is 500 g/mol. The van der Waals surface area contributed by atoms with Crippen molar-refractivity contribution in [2.45, 2.75) is 43.1 Å². The third kappa shape index (κ3) is 6.33. The molecule has 0 bridgehead atoms. The molecule has 5 rings (SSSR count). The number of carbonyl (C=O) groups excluding carboxylic acids is 1. The van der Waals surface area contributed by atoms with Gasteiger partial charge in [0, 0.05) is 24.1 Å². The molecule has 0 radical (unpaired) electrons. The number of nitrogens with zero attached hydrogens (tertiary/aromatic N) is 4. The van der Waals surface area contributed by atoms with Gasteiger partial charge in [0.2, 0.25) is 0 Å². The topological polar surface area (TPSA) is 63.1 Å². The van der Waals surface area contributed by atoms with Crippen molar-refractivity contribution in [3.8, 4) is 0 Å². The van der Waals surface area contributed by atoms with E-state index in [1.807, 2.05) is 42.6 Å². The molecule has 4 aromatic rings. The Bertz CT molecular complexity index is 1270. The second-order valence-corrected chi connectivity index (χ2v) is 10.3. The smallest absolute Gasteiger partial charge is 0.251 e. The number of amides is 1. The fourth-order valence-electron chi connectivity index (χ4n) is 4.67. The van der Waals surface area contributed by atoms with Crippen molar-refractivity contribution in [1.82, 2.24) is 24.8 Å². The van der Waals surface area contributed by atoms with Crippen molar-refractivity contribution >= 4 is 28.7 Å². The van der Waals surface area contributed by atoms with Crippen LogP contribution in [0.1, 0.15) is 47.2 Å². The number of likely N-dealkylation sites (tertiary alicyclic amines) is 1. The zero-order chi connectivity index (χ0) is 24.6. The third-order valence-electron chi connectivity index (χ3n) is 6.67. The molecule has 0 aliphatic carbocycles. The number of piperidine rings is 1. The largest absolute Gasteiger partial charge is 0.352 e. The molecule has 186 valence electrons. The molecule has 2 aromatic heterocycles. The predicted octanol–water partition coefficient (Wildman–Crippen LogP) is 5.38. The SMILES string of the molecule is O=C(NCCCN1CCCCC1)c1ccc(Cn2c(SCc3ccccc3)nc3ccncc32)cc1. The Morgan fingerprint density at radius 3 is 2.56 bits per heavy atom. The van der Waals surface area contributed by atoms with Crippen molar-refractivity contribution in [3.05, 3.63) is 89.7 Å². The van der Waals surface area contributed by atoms with Gasteiger partial charge in [0.05, 0.1) is 23.8 Å². The molecule has 0 saturated carbocycles. The minimum absolute atomic E-state index is 0.00317. The molecule has 1 N–H and O–H groups in total. The summed E-state index contributed by atoms with van der Waals surface area (Å²) in [6.07, 6.45) is 8.61. The normalized spacial score (nSPS) is 14.2. The first-order valence-electron chi connectivity index (χ1n) is 12.8. The summed E-state index contributed by atoms with van der Waals surface area (Å²) < 4.78 is 2.21. The molecule has 1 fully saturated rings. The van der Waals surface area contributed by atoms with Gasteiger partial charge >= 0.3 is 0 Å². The van der Waals surface area contributed by atoms with Crippen LogP contribution in [0.4, 0.5) is 0 Å². The Morgan fingerprint density at radius 1 is 0.944 bits per heavy atom. The summed E-state index contributed by atoms with van der Waals surface area (Å²) in [4.78, 5) is 24.3. The highest BCUT2D eigenvalue weighted by molar-refractivity contribution is 7.98. The van der Waals surface area contributed by atoms with Crippen LogP contribution < -0.4 is 5.32 Å². The van der Waals surface area contributed by atoms with Gasteiger partial charge in [-0.25, -0.2) is 4.98 Å². The molecule has 36 heavy (non-hydrogen) atoms. The average Bonchev–Trinajstić information content (AvgIpc) is 3.28. The van der Waals surface area contributed by atoms with E-state index in [1.54, 1.807) is 18.0 Å². The first-order chi connectivity index (χ1) is 17.8. The second kappa shape index (κ2) is 12.2. The molecule has 6 nitrogen and oxygen atoms in total. The Balaban J connectivity index is 1.20. The van der Waals surface area contributed by atoms with Crippen LogP contribution in [-0.4, -0.2) is 51.5 Å². The summed E-state index contributed by atoms with van der Waals surface area (Å²) in [5.41, 5.74) is 5.06. The number of rotatable bonds is 10. The zero-order valence-corrected chi connectivity index (χ0v) is 21.4. The lowest BCUT2D eigenvalue weighted by Crippen LogP contribution is -2.33. The van der Waals surface area contributed by atoms with E-state index in [2.05, 4.69) is 44.0 Å². The fraction of sp³-hybridized carbons (Fsp3) is 0.345. The van der Waals surface area contributed by atoms with E-state index >= 15 is 0 Å².